The molecule has 0 N–H and O–H groups in total. The van der Waals surface area contributed by atoms with E-state index in [1.165, 1.54) is 29.5 Å². The van der Waals surface area contributed by atoms with Gasteiger partial charge in [-0.05, 0) is 37.0 Å². The normalized spacial score (nSPS) is 28.4. The number of rotatable bonds is 5. The molecule has 7 nitrogen and oxygen atoms in total. The fourth-order valence-corrected chi connectivity index (χ4v) is 4.97. The molecule has 1 unspecified atom stereocenters. The van der Waals surface area contributed by atoms with Crippen molar-refractivity contribution in [3.05, 3.63) is 53.5 Å². The Kier molecular flexibility index (Phi) is 4.07. The number of nitrogens with zero attached hydrogens (tertiary/aromatic N) is 5. The third-order valence-electron chi connectivity index (χ3n) is 6.15. The van der Waals surface area contributed by atoms with E-state index in [-0.39, 0.29) is 22.9 Å². The third-order valence-corrected chi connectivity index (χ3v) is 6.15. The molecule has 0 saturated heterocycles. The molecular formula is C21H17F2N5O2. The van der Waals surface area contributed by atoms with Crippen LogP contribution < -0.4 is 4.74 Å². The average Bonchev–Trinajstić information content (AvgIpc) is 3.15. The van der Waals surface area contributed by atoms with Crippen LogP contribution in [0.2, 0.25) is 0 Å². The lowest BCUT2D eigenvalue weighted by molar-refractivity contribution is -0.227. The van der Waals surface area contributed by atoms with Crippen LogP contribution in [0.15, 0.2) is 35.7 Å². The zero-order valence-electron chi connectivity index (χ0n) is 15.9. The van der Waals surface area contributed by atoms with Crippen molar-refractivity contribution in [2.24, 2.45) is 15.9 Å². The number of nitriles is 1. The van der Waals surface area contributed by atoms with Gasteiger partial charge in [0.05, 0.1) is 30.5 Å². The van der Waals surface area contributed by atoms with Crippen LogP contribution in [0.3, 0.4) is 0 Å². The van der Waals surface area contributed by atoms with Gasteiger partial charge < -0.3 is 4.74 Å². The Morgan fingerprint density at radius 2 is 1.97 bits per heavy atom. The number of hydrazone groups is 1. The predicted molar refractivity (Wildman–Crippen MR) is 100 cm³/mol. The second kappa shape index (κ2) is 6.55. The molecular weight excluding hydrogens is 392 g/mol. The molecule has 0 spiro atoms. The molecule has 152 valence electrons. The largest absolute Gasteiger partial charge is 0.476 e. The zero-order chi connectivity index (χ0) is 20.9. The minimum atomic E-state index is -0.672. The van der Waals surface area contributed by atoms with Gasteiger partial charge in [0.15, 0.2) is 5.69 Å². The van der Waals surface area contributed by atoms with Gasteiger partial charge in [0.25, 0.3) is 0 Å². The second-order valence-electron chi connectivity index (χ2n) is 8.36. The van der Waals surface area contributed by atoms with Crippen molar-refractivity contribution in [3.63, 3.8) is 0 Å². The Labute approximate surface area is 171 Å². The van der Waals surface area contributed by atoms with Gasteiger partial charge in [0.2, 0.25) is 11.8 Å². The Hall–Kier alpha value is -3.41. The molecule has 3 aliphatic carbocycles. The van der Waals surface area contributed by atoms with Crippen molar-refractivity contribution < 1.29 is 18.3 Å². The predicted octanol–water partition coefficient (Wildman–Crippen LogP) is 3.13. The maximum atomic E-state index is 13.6. The summed E-state index contributed by atoms with van der Waals surface area (Å²) >= 11 is 0. The highest BCUT2D eigenvalue weighted by atomic mass is 19.1. The van der Waals surface area contributed by atoms with Crippen LogP contribution >= 0.6 is 0 Å². The topological polar surface area (TPSA) is 91.5 Å². The highest BCUT2D eigenvalue weighted by Gasteiger charge is 2.73. The first-order valence-corrected chi connectivity index (χ1v) is 9.59. The number of halogens is 2. The molecule has 1 aliphatic heterocycles. The van der Waals surface area contributed by atoms with E-state index < -0.39 is 23.1 Å². The first-order chi connectivity index (χ1) is 14.4. The molecule has 2 aromatic rings. The van der Waals surface area contributed by atoms with Gasteiger partial charge >= 0.3 is 0 Å². The number of hydrogen-bond donors (Lipinski definition) is 0. The van der Waals surface area contributed by atoms with Crippen molar-refractivity contribution in [2.75, 3.05) is 6.61 Å². The lowest BCUT2D eigenvalue weighted by Gasteiger charge is -2.69. The standard InChI is InChI=1S/C21H17F2N5O2/c22-14-3-13(4-15(23)5-14)17-1-2-26-28(17)19(29)21-9-20(10-21,11-21)12-30-18-8-25-7-16(6-24)27-18/h2-5,7-8,17H,1,9-12H2. The Morgan fingerprint density at radius 1 is 1.23 bits per heavy atom. The van der Waals surface area contributed by atoms with Gasteiger partial charge in [0.1, 0.15) is 17.7 Å². The van der Waals surface area contributed by atoms with E-state index in [1.54, 1.807) is 6.21 Å². The van der Waals surface area contributed by atoms with Crippen LogP contribution in [0.25, 0.3) is 0 Å². The molecule has 30 heavy (non-hydrogen) atoms. The summed E-state index contributed by atoms with van der Waals surface area (Å²) in [6, 6.07) is 4.73. The molecule has 1 atom stereocenters. The van der Waals surface area contributed by atoms with E-state index in [1.807, 2.05) is 6.07 Å². The summed E-state index contributed by atoms with van der Waals surface area (Å²) in [5.74, 6) is -1.17. The molecule has 3 fully saturated rings. The van der Waals surface area contributed by atoms with Crippen LogP contribution in [-0.2, 0) is 4.79 Å². The fraction of sp³-hybridized carbons (Fsp3) is 0.381. The maximum absolute atomic E-state index is 13.6. The smallest absolute Gasteiger partial charge is 0.249 e. The van der Waals surface area contributed by atoms with Crippen LogP contribution in [-0.4, -0.2) is 33.7 Å². The molecule has 6 rings (SSSR count). The summed E-state index contributed by atoms with van der Waals surface area (Å²) in [4.78, 5) is 21.1. The first kappa shape index (κ1) is 18.6. The van der Waals surface area contributed by atoms with E-state index in [9.17, 15) is 13.6 Å². The molecule has 1 amide bonds. The number of carbonyl (C=O) groups is 1. The van der Waals surface area contributed by atoms with Gasteiger partial charge in [-0.1, -0.05) is 0 Å². The van der Waals surface area contributed by atoms with Crippen LogP contribution in [0.4, 0.5) is 8.78 Å². The van der Waals surface area contributed by atoms with Gasteiger partial charge in [-0.2, -0.15) is 15.3 Å². The minimum absolute atomic E-state index is 0.0934. The van der Waals surface area contributed by atoms with Crippen LogP contribution in [0.5, 0.6) is 5.88 Å². The molecule has 3 saturated carbocycles. The molecule has 1 aromatic carbocycles. The van der Waals surface area contributed by atoms with E-state index in [0.29, 0.717) is 37.9 Å². The molecule has 0 radical (unpaired) electrons. The monoisotopic (exact) mass is 409 g/mol. The maximum Gasteiger partial charge on any atom is 0.249 e. The van der Waals surface area contributed by atoms with Crippen LogP contribution in [0, 0.1) is 33.8 Å². The molecule has 1 aromatic heterocycles. The molecule has 4 aliphatic rings. The van der Waals surface area contributed by atoms with E-state index in [4.69, 9.17) is 10.00 Å². The Balaban J connectivity index is 1.23. The molecule has 9 heteroatoms. The quantitative estimate of drug-likeness (QED) is 0.757. The summed E-state index contributed by atoms with van der Waals surface area (Å²) in [5.41, 5.74) is 0.00146. The lowest BCUT2D eigenvalue weighted by atomic mass is 9.35. The Morgan fingerprint density at radius 3 is 2.67 bits per heavy atom. The fourth-order valence-electron chi connectivity index (χ4n) is 4.97. The SMILES string of the molecule is N#Cc1cncc(OCC23CC(C(=O)N4N=CCC4c4cc(F)cc(F)c4)(C2)C3)n1. The van der Waals surface area contributed by atoms with E-state index >= 15 is 0 Å². The second-order valence-corrected chi connectivity index (χ2v) is 8.36. The summed E-state index contributed by atoms with van der Waals surface area (Å²) in [6.07, 6.45) is 6.85. The number of benzene rings is 1. The highest BCUT2D eigenvalue weighted by molar-refractivity contribution is 5.88. The third kappa shape index (κ3) is 2.91. The minimum Gasteiger partial charge on any atom is -0.476 e. The summed E-state index contributed by atoms with van der Waals surface area (Å²) in [6.45, 7) is 0.396. The Bertz CT molecular complexity index is 1070. The van der Waals surface area contributed by atoms with Crippen molar-refractivity contribution in [2.45, 2.75) is 31.7 Å². The van der Waals surface area contributed by atoms with Crippen molar-refractivity contribution in [1.29, 1.82) is 5.26 Å². The number of hydrogen-bond acceptors (Lipinski definition) is 6. The summed E-state index contributed by atoms with van der Waals surface area (Å²) < 4.78 is 32.9. The summed E-state index contributed by atoms with van der Waals surface area (Å²) in [5, 5.41) is 14.5. The number of amides is 1. The van der Waals surface area contributed by atoms with Gasteiger partial charge in [-0.3, -0.25) is 9.78 Å². The van der Waals surface area contributed by atoms with Crippen molar-refractivity contribution in [3.8, 4) is 11.9 Å². The van der Waals surface area contributed by atoms with Crippen molar-refractivity contribution >= 4 is 12.1 Å². The number of ether oxygens (including phenoxy) is 1. The summed E-state index contributed by atoms with van der Waals surface area (Å²) in [7, 11) is 0. The molecule has 2 heterocycles. The first-order valence-electron chi connectivity index (χ1n) is 9.59. The van der Waals surface area contributed by atoms with Gasteiger partial charge in [-0.15, -0.1) is 0 Å². The van der Waals surface area contributed by atoms with E-state index in [0.717, 1.165) is 6.07 Å². The highest BCUT2D eigenvalue weighted by Crippen LogP contribution is 2.74. The molecule has 2 bridgehead atoms. The van der Waals surface area contributed by atoms with Gasteiger partial charge in [-0.25, -0.2) is 13.8 Å². The van der Waals surface area contributed by atoms with Crippen molar-refractivity contribution in [1.82, 2.24) is 15.0 Å². The van der Waals surface area contributed by atoms with Crippen LogP contribution in [0.1, 0.15) is 43.0 Å². The zero-order valence-corrected chi connectivity index (χ0v) is 15.9. The number of carbonyl (C=O) groups excluding carboxylic acids is 1. The van der Waals surface area contributed by atoms with Gasteiger partial charge in [0, 0.05) is 24.1 Å². The lowest BCUT2D eigenvalue weighted by Crippen LogP contribution is -2.69. The average molecular weight is 409 g/mol. The van der Waals surface area contributed by atoms with E-state index in [2.05, 4.69) is 15.1 Å². The number of aromatic nitrogens is 2.